The molecule has 22 nitrogen and oxygen atoms in total. The highest BCUT2D eigenvalue weighted by molar-refractivity contribution is 6.37. The molecule has 3 fully saturated rings. The quantitative estimate of drug-likeness (QED) is 0.0620. The number of carbonyl (C=O) groups is 1. The van der Waals surface area contributed by atoms with E-state index in [1.54, 1.807) is 52.1 Å². The van der Waals surface area contributed by atoms with E-state index in [-0.39, 0.29) is 5.91 Å². The molecule has 6 aromatic carbocycles. The van der Waals surface area contributed by atoms with Crippen molar-refractivity contribution < 1.29 is 28.5 Å². The number of para-hydroxylation sites is 2. The Hall–Kier alpha value is -10.2. The van der Waals surface area contributed by atoms with Crippen LogP contribution < -0.4 is 55.2 Å². The van der Waals surface area contributed by atoms with E-state index in [9.17, 15) is 10.1 Å². The second-order valence-corrected chi connectivity index (χ2v) is 26.7. The van der Waals surface area contributed by atoms with Crippen molar-refractivity contribution in [3.8, 4) is 51.8 Å². The van der Waals surface area contributed by atoms with Crippen LogP contribution in [-0.2, 0) is 0 Å². The number of benzene rings is 6. The fraction of sp³-hybridized carbons (Fsp3) is 0.320. The van der Waals surface area contributed by atoms with Crippen LogP contribution in [0.25, 0.3) is 27.7 Å². The standard InChI is InChI=1S/C26H29Cl2N5O2.C25H26N4O2.C24H27N7O2/c1-17-11-23(21(28)13-20(17)27)31-26-18(15-29)16-30-22-14-25(24(34-3)12-19(22)26)35-10-4-5-33-8-6-32(2)7-9-33;1-25(2)14-16(15-25)24-28-21(22-23(26)27-11-12-29(22)24)19-10-9-18(13-20(19)30-3)31-17-7-5-4-6-8-17;1-29-10-12-31(13-11-29)16-8-9-18(21(14-16)33-3)27-24-25-15-19-22(28-24)30(2)20-7-5-4-6-17(20)23(32)26-19/h11-14,16H,4-10H2,1-3H3,(H,30,31);4-13,16H,14-15H2,1-3H3,(H2,26,27);4-9,14-15H,10-13H2,1-3H3,(H,26,32)(H,25,27,28). The van der Waals surface area contributed by atoms with Gasteiger partial charge in [-0.05, 0) is 118 Å². The molecule has 2 saturated heterocycles. The molecule has 1 saturated carbocycles. The summed E-state index contributed by atoms with van der Waals surface area (Å²) in [6.07, 6.45) is 9.98. The second kappa shape index (κ2) is 30.3. The highest BCUT2D eigenvalue weighted by Crippen LogP contribution is 2.51. The van der Waals surface area contributed by atoms with Gasteiger partial charge in [0.15, 0.2) is 17.3 Å². The number of nitrogens with one attached hydrogen (secondary N) is 3. The number of methoxy groups -OCH3 is 3. The third kappa shape index (κ3) is 15.6. The lowest BCUT2D eigenvalue weighted by atomic mass is 9.64. The SMILES string of the molecule is COc1cc(N2CCN(C)CC2)ccc1Nc1ncc2c(n1)N(C)c1ccccc1C(=O)N2.COc1cc(Oc2ccccc2)ccc1-c1nc(C2CC(C)(C)C2)n2ccnc(N)c12.COc1cc2c(Nc3cc(C)c(Cl)cc3Cl)c(C#N)cnc2cc1OCCCN1CCN(C)CC1. The van der Waals surface area contributed by atoms with Crippen LogP contribution in [0.15, 0.2) is 140 Å². The number of aryl methyl sites for hydroxylation is 1. The van der Waals surface area contributed by atoms with Gasteiger partial charge in [-0.2, -0.15) is 10.2 Å². The van der Waals surface area contributed by atoms with Crippen molar-refractivity contribution in [1.29, 1.82) is 5.26 Å². The maximum Gasteiger partial charge on any atom is 0.257 e. The van der Waals surface area contributed by atoms with Gasteiger partial charge in [0.05, 0.1) is 78.5 Å². The molecule has 4 aromatic heterocycles. The Labute approximate surface area is 587 Å². The number of hydrogen-bond donors (Lipinski definition) is 4. The Morgan fingerprint density at radius 3 is 2.17 bits per heavy atom. The maximum atomic E-state index is 12.6. The first-order valence-corrected chi connectivity index (χ1v) is 33.7. The largest absolute Gasteiger partial charge is 0.496 e. The summed E-state index contributed by atoms with van der Waals surface area (Å²) in [5.74, 6) is 6.82. The summed E-state index contributed by atoms with van der Waals surface area (Å²) < 4.78 is 31.2. The number of amides is 1. The number of piperazine rings is 2. The van der Waals surface area contributed by atoms with Gasteiger partial charge in [0.2, 0.25) is 5.95 Å². The monoisotopic (exact) mass is 1370 g/mol. The first-order valence-electron chi connectivity index (χ1n) is 33.0. The van der Waals surface area contributed by atoms with E-state index in [4.69, 9.17) is 62.6 Å². The molecule has 99 heavy (non-hydrogen) atoms. The third-order valence-corrected chi connectivity index (χ3v) is 19.1. The molecule has 1 aliphatic carbocycles. The van der Waals surface area contributed by atoms with Crippen LogP contribution in [-0.4, -0.2) is 158 Å². The highest BCUT2D eigenvalue weighted by Gasteiger charge is 2.40. The first-order chi connectivity index (χ1) is 47.9. The van der Waals surface area contributed by atoms with E-state index in [0.717, 1.165) is 140 Å². The van der Waals surface area contributed by atoms with E-state index in [0.29, 0.717) is 102 Å². The highest BCUT2D eigenvalue weighted by atomic mass is 35.5. The van der Waals surface area contributed by atoms with E-state index >= 15 is 0 Å². The number of likely N-dealkylation sites (N-methyl/N-ethyl adjacent to an activating group) is 2. The summed E-state index contributed by atoms with van der Waals surface area (Å²) in [5, 5.41) is 21.0. The number of hydrogen-bond acceptors (Lipinski definition) is 20. The number of imidazole rings is 1. The molecule has 0 bridgehead atoms. The van der Waals surface area contributed by atoms with Crippen molar-refractivity contribution >= 4 is 97.2 Å². The number of carbonyl (C=O) groups excluding carboxylic acids is 1. The molecule has 1 amide bonds. The predicted molar refractivity (Wildman–Crippen MR) is 394 cm³/mol. The molecule has 0 atom stereocenters. The normalized spacial score (nSPS) is 15.4. The zero-order valence-corrected chi connectivity index (χ0v) is 58.7. The number of nitriles is 1. The summed E-state index contributed by atoms with van der Waals surface area (Å²) in [5.41, 5.74) is 16.2. The van der Waals surface area contributed by atoms with Crippen molar-refractivity contribution in [3.05, 3.63) is 173 Å². The number of nitrogens with zero attached hydrogens (tertiary/aromatic N) is 12. The lowest BCUT2D eigenvalue weighted by Crippen LogP contribution is -2.44. The third-order valence-electron chi connectivity index (χ3n) is 18.4. The molecule has 0 radical (unpaired) electrons. The van der Waals surface area contributed by atoms with Crippen molar-refractivity contribution in [2.24, 2.45) is 5.41 Å². The number of halogens is 2. The van der Waals surface area contributed by atoms with Gasteiger partial charge in [-0.3, -0.25) is 14.2 Å². The van der Waals surface area contributed by atoms with Gasteiger partial charge in [-0.25, -0.2) is 15.0 Å². The van der Waals surface area contributed by atoms with Gasteiger partial charge in [0.1, 0.15) is 57.6 Å². The lowest BCUT2D eigenvalue weighted by molar-refractivity contribution is 0.102. The van der Waals surface area contributed by atoms with Crippen molar-refractivity contribution in [2.45, 2.75) is 46.0 Å². The molecule has 512 valence electrons. The number of fused-ring (bicyclic) bond motifs is 4. The molecule has 0 unspecified atom stereocenters. The zero-order chi connectivity index (χ0) is 69.5. The van der Waals surface area contributed by atoms with Gasteiger partial charge in [0, 0.05) is 130 Å². The van der Waals surface area contributed by atoms with Gasteiger partial charge >= 0.3 is 0 Å². The first kappa shape index (κ1) is 68.8. The summed E-state index contributed by atoms with van der Waals surface area (Å²) >= 11 is 12.6. The molecule has 14 rings (SSSR count). The number of nitrogen functional groups attached to an aromatic ring is 1. The van der Waals surface area contributed by atoms with Crippen molar-refractivity contribution in [3.63, 3.8) is 0 Å². The average molecular weight is 1370 g/mol. The molecule has 10 aromatic rings. The summed E-state index contributed by atoms with van der Waals surface area (Å²) in [6.45, 7) is 16.5. The van der Waals surface area contributed by atoms with E-state index < -0.39 is 0 Å². The fourth-order valence-corrected chi connectivity index (χ4v) is 13.3. The Morgan fingerprint density at radius 1 is 0.717 bits per heavy atom. The fourth-order valence-electron chi connectivity index (χ4n) is 12.9. The van der Waals surface area contributed by atoms with Crippen LogP contribution in [0.2, 0.25) is 10.0 Å². The molecule has 7 heterocycles. The molecular weight excluding hydrogens is 1290 g/mol. The molecule has 4 aliphatic rings. The Bertz CT molecular complexity index is 4600. The van der Waals surface area contributed by atoms with Crippen LogP contribution in [0.5, 0.6) is 34.5 Å². The van der Waals surface area contributed by atoms with Gasteiger partial charge in [0.25, 0.3) is 5.91 Å². The van der Waals surface area contributed by atoms with Gasteiger partial charge < -0.3 is 69.9 Å². The minimum Gasteiger partial charge on any atom is -0.496 e. The topological polar surface area (TPSA) is 234 Å². The van der Waals surface area contributed by atoms with Crippen LogP contribution in [0.4, 0.5) is 51.7 Å². The van der Waals surface area contributed by atoms with E-state index in [1.807, 2.05) is 122 Å². The van der Waals surface area contributed by atoms with Crippen LogP contribution in [0.1, 0.15) is 66.3 Å². The van der Waals surface area contributed by atoms with Gasteiger partial charge in [-0.15, -0.1) is 0 Å². The number of rotatable bonds is 17. The summed E-state index contributed by atoms with van der Waals surface area (Å²) in [6, 6.07) is 38.5. The Morgan fingerprint density at radius 2 is 1.44 bits per heavy atom. The van der Waals surface area contributed by atoms with E-state index in [2.05, 4.69) is 95.0 Å². The average Bonchev–Trinajstić information content (AvgIpc) is 1.61. The van der Waals surface area contributed by atoms with Crippen LogP contribution >= 0.6 is 23.2 Å². The van der Waals surface area contributed by atoms with E-state index in [1.165, 1.54) is 0 Å². The lowest BCUT2D eigenvalue weighted by Gasteiger charge is -2.41. The predicted octanol–water partition coefficient (Wildman–Crippen LogP) is 14.5. The minimum absolute atomic E-state index is 0.179. The molecule has 0 spiro atoms. The number of anilines is 9. The molecular formula is C75H82Cl2N16O6. The number of aromatic nitrogens is 6. The molecule has 3 aliphatic heterocycles. The Kier molecular flexibility index (Phi) is 21.1. The van der Waals surface area contributed by atoms with Crippen molar-refractivity contribution in [1.82, 2.24) is 44.0 Å². The summed E-state index contributed by atoms with van der Waals surface area (Å²) in [7, 11) is 11.1. The van der Waals surface area contributed by atoms with Crippen molar-refractivity contribution in [2.75, 3.05) is 139 Å². The zero-order valence-electron chi connectivity index (χ0n) is 57.2. The maximum absolute atomic E-state index is 12.6. The smallest absolute Gasteiger partial charge is 0.257 e. The molecule has 5 N–H and O–H groups in total. The number of nitrogens with two attached hydrogens (primary N) is 1. The number of ether oxygens (including phenoxy) is 5. The van der Waals surface area contributed by atoms with Crippen LogP contribution in [0, 0.1) is 23.7 Å². The second-order valence-electron chi connectivity index (χ2n) is 25.9. The minimum atomic E-state index is -0.179. The summed E-state index contributed by atoms with van der Waals surface area (Å²) in [4.78, 5) is 47.0. The Balaban J connectivity index is 0.000000141. The van der Waals surface area contributed by atoms with Gasteiger partial charge in [-0.1, -0.05) is 67.4 Å². The number of pyridine rings is 1. The molecule has 24 heteroatoms. The van der Waals surface area contributed by atoms with Crippen LogP contribution in [0.3, 0.4) is 0 Å².